The molecular weight excluding hydrogens is 468 g/mol. The van der Waals surface area contributed by atoms with E-state index in [1.807, 2.05) is 54.6 Å². The number of ether oxygens (including phenoxy) is 1. The van der Waals surface area contributed by atoms with Gasteiger partial charge in [0.15, 0.2) is 0 Å². The summed E-state index contributed by atoms with van der Waals surface area (Å²) < 4.78 is 6.02. The summed E-state index contributed by atoms with van der Waals surface area (Å²) in [6.45, 7) is 7.11. The van der Waals surface area contributed by atoms with E-state index in [1.54, 1.807) is 6.92 Å². The predicted molar refractivity (Wildman–Crippen MR) is 144 cm³/mol. The number of carbonyl (C=O) groups excluding carboxylic acids is 3. The smallest absolute Gasteiger partial charge is 0.242 e. The molecule has 0 bridgehead atoms. The van der Waals surface area contributed by atoms with Crippen LogP contribution in [0.1, 0.15) is 44.7 Å². The van der Waals surface area contributed by atoms with Crippen molar-refractivity contribution >= 4 is 17.7 Å². The van der Waals surface area contributed by atoms with Crippen LogP contribution in [0.4, 0.5) is 0 Å². The number of carbonyl (C=O) groups is 3. The lowest BCUT2D eigenvalue weighted by molar-refractivity contribution is -0.132. The van der Waals surface area contributed by atoms with Gasteiger partial charge in [0.1, 0.15) is 24.4 Å². The number of aryl methyl sites for hydroxylation is 1. The molecule has 0 spiro atoms. The molecule has 1 aliphatic heterocycles. The Morgan fingerprint density at radius 2 is 1.59 bits per heavy atom. The largest absolute Gasteiger partial charge is 0.492 e. The fraction of sp³-hybridized carbons (Fsp3) is 0.483. The van der Waals surface area contributed by atoms with Gasteiger partial charge in [-0.05, 0) is 49.3 Å². The van der Waals surface area contributed by atoms with Crippen molar-refractivity contribution in [2.45, 2.75) is 64.6 Å². The molecule has 0 unspecified atom stereocenters. The molecule has 2 aromatic rings. The van der Waals surface area contributed by atoms with Gasteiger partial charge in [0.05, 0.1) is 6.04 Å². The second-order valence-electron chi connectivity index (χ2n) is 9.97. The van der Waals surface area contributed by atoms with Gasteiger partial charge >= 0.3 is 0 Å². The zero-order valence-corrected chi connectivity index (χ0v) is 22.1. The third kappa shape index (κ3) is 9.21. The lowest BCUT2D eigenvalue weighted by Crippen LogP contribution is -2.56. The molecule has 3 atom stereocenters. The number of para-hydroxylation sites is 1. The Morgan fingerprint density at radius 3 is 2.35 bits per heavy atom. The van der Waals surface area contributed by atoms with Gasteiger partial charge in [-0.2, -0.15) is 0 Å². The molecule has 0 aromatic heterocycles. The molecule has 8 nitrogen and oxygen atoms in total. The van der Waals surface area contributed by atoms with Crippen molar-refractivity contribution in [1.29, 1.82) is 0 Å². The van der Waals surface area contributed by atoms with E-state index in [1.165, 1.54) is 0 Å². The third-order valence-electron chi connectivity index (χ3n) is 6.34. The number of rotatable bonds is 4. The van der Waals surface area contributed by atoms with Crippen LogP contribution >= 0.6 is 0 Å². The maximum atomic E-state index is 13.1. The van der Waals surface area contributed by atoms with Gasteiger partial charge in [-0.1, -0.05) is 62.4 Å². The zero-order valence-electron chi connectivity index (χ0n) is 22.1. The molecule has 0 saturated carbocycles. The topological polar surface area (TPSA) is 109 Å². The number of fused-ring (bicyclic) bond motifs is 1. The summed E-state index contributed by atoms with van der Waals surface area (Å²) in [5.41, 5.74) is 2.01. The summed E-state index contributed by atoms with van der Waals surface area (Å²) in [5, 5.41) is 11.9. The van der Waals surface area contributed by atoms with Gasteiger partial charge in [0.25, 0.3) is 0 Å². The molecule has 3 amide bonds. The van der Waals surface area contributed by atoms with Crippen molar-refractivity contribution in [1.82, 2.24) is 21.3 Å². The van der Waals surface area contributed by atoms with Crippen LogP contribution in [-0.4, -0.2) is 55.5 Å². The van der Waals surface area contributed by atoms with Crippen molar-refractivity contribution in [3.63, 3.8) is 0 Å². The van der Waals surface area contributed by atoms with E-state index in [0.29, 0.717) is 32.5 Å². The van der Waals surface area contributed by atoms with Gasteiger partial charge < -0.3 is 26.0 Å². The minimum Gasteiger partial charge on any atom is -0.492 e. The van der Waals surface area contributed by atoms with Gasteiger partial charge in [-0.3, -0.25) is 14.4 Å². The lowest BCUT2D eigenvalue weighted by atomic mass is 10.0. The minimum atomic E-state index is -0.794. The average molecular weight is 509 g/mol. The van der Waals surface area contributed by atoms with Gasteiger partial charge in [0, 0.05) is 19.5 Å². The average Bonchev–Trinajstić information content (AvgIpc) is 2.88. The Balaban J connectivity index is 1.79. The van der Waals surface area contributed by atoms with Crippen molar-refractivity contribution in [2.75, 3.05) is 19.7 Å². The van der Waals surface area contributed by atoms with E-state index in [-0.39, 0.29) is 17.7 Å². The SMILES string of the molecule is CC(C)C[C@@H]1NCCOc2ccccc2CCCNC(=O)[C@H](Cc2ccccc2)NC(=O)[C@H](C)NC1=O. The standard InChI is InChI=1S/C29H40N4O4/c1-20(2)18-24-29(36)32-21(3)27(34)33-25(19-22-10-5-4-6-11-22)28(35)31-15-9-13-23-12-7-8-14-26(23)37-17-16-30-24/h4-8,10-12,14,20-21,24-25,30H,9,13,15-19H2,1-3H3,(H,31,35)(H,32,36)(H,33,34)/t21-,24-,25-/m0/s1. The highest BCUT2D eigenvalue weighted by Crippen LogP contribution is 2.19. The summed E-state index contributed by atoms with van der Waals surface area (Å²) in [7, 11) is 0. The first kappa shape index (κ1) is 28.2. The van der Waals surface area contributed by atoms with Crippen LogP contribution in [0.2, 0.25) is 0 Å². The molecular formula is C29H40N4O4. The Morgan fingerprint density at radius 1 is 0.865 bits per heavy atom. The molecule has 4 N–H and O–H groups in total. The fourth-order valence-corrected chi connectivity index (χ4v) is 4.35. The highest BCUT2D eigenvalue weighted by atomic mass is 16.5. The highest BCUT2D eigenvalue weighted by molar-refractivity contribution is 5.93. The Kier molecular flexibility index (Phi) is 11.0. The fourth-order valence-electron chi connectivity index (χ4n) is 4.35. The molecule has 1 aliphatic rings. The number of nitrogens with one attached hydrogen (secondary N) is 4. The van der Waals surface area contributed by atoms with Crippen LogP contribution < -0.4 is 26.0 Å². The van der Waals surface area contributed by atoms with Crippen molar-refractivity contribution < 1.29 is 19.1 Å². The van der Waals surface area contributed by atoms with Crippen LogP contribution in [0.25, 0.3) is 0 Å². The number of amides is 3. The normalized spacial score (nSPS) is 22.5. The van der Waals surface area contributed by atoms with E-state index in [9.17, 15) is 14.4 Å². The quantitative estimate of drug-likeness (QED) is 0.507. The first-order valence-corrected chi connectivity index (χ1v) is 13.2. The summed E-state index contributed by atoms with van der Waals surface area (Å²) in [6, 6.07) is 15.4. The molecule has 200 valence electrons. The zero-order chi connectivity index (χ0) is 26.6. The Hall–Kier alpha value is -3.39. The van der Waals surface area contributed by atoms with Gasteiger partial charge in [-0.15, -0.1) is 0 Å². The lowest BCUT2D eigenvalue weighted by Gasteiger charge is -2.25. The minimum absolute atomic E-state index is 0.248. The Bertz CT molecular complexity index is 1030. The summed E-state index contributed by atoms with van der Waals surface area (Å²) in [5.74, 6) is 0.198. The molecule has 0 saturated heterocycles. The molecule has 0 fully saturated rings. The molecule has 8 heteroatoms. The second kappa shape index (κ2) is 14.4. The van der Waals surface area contributed by atoms with E-state index >= 15 is 0 Å². The molecule has 3 rings (SSSR count). The van der Waals surface area contributed by atoms with Gasteiger partial charge in [0.2, 0.25) is 17.7 Å². The highest BCUT2D eigenvalue weighted by Gasteiger charge is 2.27. The van der Waals surface area contributed by atoms with Crippen LogP contribution in [0.15, 0.2) is 54.6 Å². The van der Waals surface area contributed by atoms with E-state index in [0.717, 1.165) is 29.7 Å². The molecule has 37 heavy (non-hydrogen) atoms. The summed E-state index contributed by atoms with van der Waals surface area (Å²) in [4.78, 5) is 39.2. The number of hydrogen-bond acceptors (Lipinski definition) is 5. The van der Waals surface area contributed by atoms with Crippen molar-refractivity contribution in [2.24, 2.45) is 5.92 Å². The summed E-state index contributed by atoms with van der Waals surface area (Å²) in [6.07, 6.45) is 2.46. The van der Waals surface area contributed by atoms with E-state index in [4.69, 9.17) is 4.74 Å². The molecule has 0 aliphatic carbocycles. The first-order valence-electron chi connectivity index (χ1n) is 13.2. The predicted octanol–water partition coefficient (Wildman–Crippen LogP) is 2.36. The van der Waals surface area contributed by atoms with E-state index in [2.05, 4.69) is 35.1 Å². The maximum absolute atomic E-state index is 13.1. The third-order valence-corrected chi connectivity index (χ3v) is 6.34. The van der Waals surface area contributed by atoms with E-state index < -0.39 is 24.0 Å². The molecule has 0 radical (unpaired) electrons. The van der Waals surface area contributed by atoms with Crippen LogP contribution in [0.3, 0.4) is 0 Å². The number of hydrogen-bond donors (Lipinski definition) is 4. The van der Waals surface area contributed by atoms with Crippen molar-refractivity contribution in [3.8, 4) is 5.75 Å². The van der Waals surface area contributed by atoms with Crippen LogP contribution in [0, 0.1) is 5.92 Å². The summed E-state index contributed by atoms with van der Waals surface area (Å²) >= 11 is 0. The van der Waals surface area contributed by atoms with Crippen LogP contribution in [-0.2, 0) is 27.2 Å². The molecule has 1 heterocycles. The monoisotopic (exact) mass is 508 g/mol. The maximum Gasteiger partial charge on any atom is 0.242 e. The molecule has 2 aromatic carbocycles. The van der Waals surface area contributed by atoms with Gasteiger partial charge in [-0.25, -0.2) is 0 Å². The Labute approximate surface area is 219 Å². The second-order valence-corrected chi connectivity index (χ2v) is 9.97. The number of benzene rings is 2. The van der Waals surface area contributed by atoms with Crippen LogP contribution in [0.5, 0.6) is 5.75 Å². The van der Waals surface area contributed by atoms with Crippen molar-refractivity contribution in [3.05, 3.63) is 65.7 Å². The first-order chi connectivity index (χ1) is 17.8.